The van der Waals surface area contributed by atoms with Gasteiger partial charge in [0.25, 0.3) is 15.7 Å². The molecule has 0 fully saturated rings. The molecule has 0 aliphatic heterocycles. The summed E-state index contributed by atoms with van der Waals surface area (Å²) in [5.74, 6) is 0.581. The highest BCUT2D eigenvalue weighted by molar-refractivity contribution is 7.92. The number of hydrazone groups is 1. The minimum absolute atomic E-state index is 0.0293. The summed E-state index contributed by atoms with van der Waals surface area (Å²) in [6, 6.07) is 16.6. The van der Waals surface area contributed by atoms with Crippen molar-refractivity contribution in [3.05, 3.63) is 87.4 Å². The van der Waals surface area contributed by atoms with Crippen molar-refractivity contribution in [2.45, 2.75) is 4.90 Å². The van der Waals surface area contributed by atoms with Crippen LogP contribution in [0.4, 0.5) is 17.1 Å². The topological polar surface area (TPSA) is 123 Å². The Morgan fingerprint density at radius 2 is 1.81 bits per heavy atom. The molecule has 0 aromatic heterocycles. The third kappa shape index (κ3) is 5.50. The van der Waals surface area contributed by atoms with Crippen molar-refractivity contribution in [3.8, 4) is 5.75 Å². The van der Waals surface area contributed by atoms with Crippen molar-refractivity contribution in [1.82, 2.24) is 0 Å². The molecule has 0 aliphatic rings. The fraction of sp³-hybridized carbons (Fsp3) is 0.0500. The molecule has 11 heteroatoms. The molecule has 160 valence electrons. The van der Waals surface area contributed by atoms with E-state index in [2.05, 4.69) is 15.2 Å². The highest BCUT2D eigenvalue weighted by Crippen LogP contribution is 2.29. The Morgan fingerprint density at radius 3 is 2.48 bits per heavy atom. The van der Waals surface area contributed by atoms with E-state index in [0.29, 0.717) is 16.3 Å². The zero-order chi connectivity index (χ0) is 22.4. The van der Waals surface area contributed by atoms with Gasteiger partial charge in [-0.2, -0.15) is 5.10 Å². The zero-order valence-corrected chi connectivity index (χ0v) is 17.7. The number of methoxy groups -OCH3 is 1. The van der Waals surface area contributed by atoms with Crippen molar-refractivity contribution >= 4 is 44.9 Å². The second-order valence-corrected chi connectivity index (χ2v) is 8.28. The van der Waals surface area contributed by atoms with Gasteiger partial charge in [0.15, 0.2) is 0 Å². The molecular weight excluding hydrogens is 444 g/mol. The Labute approximate surface area is 183 Å². The number of para-hydroxylation sites is 1. The molecule has 0 amide bonds. The van der Waals surface area contributed by atoms with Gasteiger partial charge in [0.05, 0.1) is 23.1 Å². The largest absolute Gasteiger partial charge is 0.496 e. The maximum absolute atomic E-state index is 12.6. The fourth-order valence-electron chi connectivity index (χ4n) is 2.60. The number of hydrogen-bond donors (Lipinski definition) is 2. The number of benzene rings is 3. The summed E-state index contributed by atoms with van der Waals surface area (Å²) in [4.78, 5) is 10.5. The number of nitro benzene ring substituents is 1. The van der Waals surface area contributed by atoms with E-state index in [1.165, 1.54) is 49.7 Å². The monoisotopic (exact) mass is 460 g/mol. The van der Waals surface area contributed by atoms with Crippen molar-refractivity contribution in [1.29, 1.82) is 0 Å². The molecule has 0 aliphatic carbocycles. The van der Waals surface area contributed by atoms with E-state index in [1.807, 2.05) is 0 Å². The Kier molecular flexibility index (Phi) is 6.73. The number of ether oxygens (including phenoxy) is 1. The summed E-state index contributed by atoms with van der Waals surface area (Å²) in [5, 5.41) is 15.9. The molecule has 0 saturated carbocycles. The third-order valence-electron chi connectivity index (χ3n) is 4.10. The van der Waals surface area contributed by atoms with E-state index in [4.69, 9.17) is 16.3 Å². The highest BCUT2D eigenvalue weighted by atomic mass is 35.5. The summed E-state index contributed by atoms with van der Waals surface area (Å²) < 4.78 is 32.8. The molecule has 9 nitrogen and oxygen atoms in total. The van der Waals surface area contributed by atoms with Crippen LogP contribution in [0.5, 0.6) is 5.75 Å². The summed E-state index contributed by atoms with van der Waals surface area (Å²) in [5.41, 5.74) is 3.09. The minimum Gasteiger partial charge on any atom is -0.496 e. The molecule has 0 heterocycles. The van der Waals surface area contributed by atoms with Gasteiger partial charge in [0.1, 0.15) is 11.4 Å². The van der Waals surface area contributed by atoms with Gasteiger partial charge < -0.3 is 4.74 Å². The average Bonchev–Trinajstić information content (AvgIpc) is 2.75. The lowest BCUT2D eigenvalue weighted by Gasteiger charge is -2.09. The second-order valence-electron chi connectivity index (χ2n) is 6.16. The maximum atomic E-state index is 12.6. The van der Waals surface area contributed by atoms with Gasteiger partial charge in [-0.25, -0.2) is 8.42 Å². The summed E-state index contributed by atoms with van der Waals surface area (Å²) in [7, 11) is -2.54. The van der Waals surface area contributed by atoms with E-state index >= 15 is 0 Å². The predicted octanol–water partition coefficient (Wildman–Crippen LogP) is 4.50. The zero-order valence-electron chi connectivity index (χ0n) is 16.2. The van der Waals surface area contributed by atoms with Crippen LogP contribution in [-0.2, 0) is 10.0 Å². The number of nitrogens with zero attached hydrogens (tertiary/aromatic N) is 2. The predicted molar refractivity (Wildman–Crippen MR) is 120 cm³/mol. The number of nitro groups is 1. The van der Waals surface area contributed by atoms with Crippen LogP contribution in [0.25, 0.3) is 0 Å². The van der Waals surface area contributed by atoms with Crippen molar-refractivity contribution < 1.29 is 18.1 Å². The van der Waals surface area contributed by atoms with Crippen LogP contribution in [0.15, 0.2) is 76.7 Å². The van der Waals surface area contributed by atoms with Gasteiger partial charge >= 0.3 is 0 Å². The van der Waals surface area contributed by atoms with E-state index in [0.717, 1.165) is 6.07 Å². The number of halogens is 1. The lowest BCUT2D eigenvalue weighted by Crippen LogP contribution is -2.13. The Bertz CT molecular complexity index is 1230. The van der Waals surface area contributed by atoms with Crippen LogP contribution in [-0.4, -0.2) is 26.7 Å². The Balaban J connectivity index is 1.84. The van der Waals surface area contributed by atoms with Crippen LogP contribution in [0.3, 0.4) is 0 Å². The fourth-order valence-corrected chi connectivity index (χ4v) is 3.80. The molecule has 0 unspecified atom stereocenters. The van der Waals surface area contributed by atoms with Gasteiger partial charge in [0, 0.05) is 22.3 Å². The summed E-state index contributed by atoms with van der Waals surface area (Å²) in [6.45, 7) is 0. The van der Waals surface area contributed by atoms with Crippen molar-refractivity contribution in [2.24, 2.45) is 5.10 Å². The number of sulfonamides is 1. The lowest BCUT2D eigenvalue weighted by molar-refractivity contribution is -0.384. The molecule has 3 rings (SSSR count). The van der Waals surface area contributed by atoms with Crippen molar-refractivity contribution in [3.63, 3.8) is 0 Å². The summed E-state index contributed by atoms with van der Waals surface area (Å²) in [6.07, 6.45) is 1.44. The van der Waals surface area contributed by atoms with Gasteiger partial charge in [-0.3, -0.25) is 20.3 Å². The van der Waals surface area contributed by atoms with E-state index in [9.17, 15) is 18.5 Å². The van der Waals surface area contributed by atoms with Crippen LogP contribution in [0.1, 0.15) is 5.56 Å². The number of hydrogen-bond acceptors (Lipinski definition) is 7. The number of nitrogens with one attached hydrogen (secondary N) is 2. The first-order chi connectivity index (χ1) is 14.8. The van der Waals surface area contributed by atoms with Crippen LogP contribution in [0.2, 0.25) is 5.02 Å². The minimum atomic E-state index is -4.05. The van der Waals surface area contributed by atoms with E-state index in [1.54, 1.807) is 24.3 Å². The lowest BCUT2D eigenvalue weighted by atomic mass is 10.2. The Hall–Kier alpha value is -3.63. The standard InChI is InChI=1S/C20H17ClN4O5S/c1-30-20-5-3-2-4-14(20)13-22-23-18-11-10-17(12-19(18)25(26)27)31(28,29)24-16-8-6-15(21)7-9-16/h2-13,23-24H,1H3/b22-13-. The molecule has 3 aromatic rings. The molecule has 3 aromatic carbocycles. The molecule has 0 saturated heterocycles. The first-order valence-corrected chi connectivity index (χ1v) is 10.7. The van der Waals surface area contributed by atoms with Gasteiger partial charge in [0.2, 0.25) is 0 Å². The molecule has 0 radical (unpaired) electrons. The van der Waals surface area contributed by atoms with Crippen molar-refractivity contribution in [2.75, 3.05) is 17.3 Å². The molecular formula is C20H17ClN4O5S. The normalized spacial score (nSPS) is 11.3. The average molecular weight is 461 g/mol. The first-order valence-electron chi connectivity index (χ1n) is 8.79. The van der Waals surface area contributed by atoms with E-state index < -0.39 is 20.6 Å². The second kappa shape index (κ2) is 9.45. The molecule has 0 bridgehead atoms. The smallest absolute Gasteiger partial charge is 0.295 e. The van der Waals surface area contributed by atoms with Gasteiger partial charge in [-0.1, -0.05) is 23.7 Å². The van der Waals surface area contributed by atoms with Crippen LogP contribution >= 0.6 is 11.6 Å². The Morgan fingerprint density at radius 1 is 1.10 bits per heavy atom. The third-order valence-corrected chi connectivity index (χ3v) is 5.73. The highest BCUT2D eigenvalue weighted by Gasteiger charge is 2.21. The molecule has 2 N–H and O–H groups in total. The quantitative estimate of drug-likeness (QED) is 0.290. The maximum Gasteiger partial charge on any atom is 0.295 e. The summed E-state index contributed by atoms with van der Waals surface area (Å²) >= 11 is 5.79. The molecule has 0 spiro atoms. The SMILES string of the molecule is COc1ccccc1/C=N\Nc1ccc(S(=O)(=O)Nc2ccc(Cl)cc2)cc1[N+](=O)[O-]. The van der Waals surface area contributed by atoms with Crippen LogP contribution < -0.4 is 14.9 Å². The first kappa shape index (κ1) is 22.1. The van der Waals surface area contributed by atoms with Crippen LogP contribution in [0, 0.1) is 10.1 Å². The van der Waals surface area contributed by atoms with Gasteiger partial charge in [-0.15, -0.1) is 0 Å². The van der Waals surface area contributed by atoms with E-state index in [-0.39, 0.29) is 16.3 Å². The number of anilines is 2. The number of rotatable bonds is 8. The molecule has 0 atom stereocenters. The molecule has 31 heavy (non-hydrogen) atoms. The van der Waals surface area contributed by atoms with Gasteiger partial charge in [-0.05, 0) is 48.5 Å².